The molecule has 4 nitrogen and oxygen atoms in total. The highest BCUT2D eigenvalue weighted by Gasteiger charge is 1.93. The Kier molecular flexibility index (Phi) is 3.92. The van der Waals surface area contributed by atoms with Gasteiger partial charge in [-0.05, 0) is 23.8 Å². The van der Waals surface area contributed by atoms with Gasteiger partial charge in [0.2, 0.25) is 0 Å². The smallest absolute Gasteiger partial charge is 0.328 e. The summed E-state index contributed by atoms with van der Waals surface area (Å²) in [6, 6.07) is 8.64. The third-order valence-corrected chi connectivity index (χ3v) is 1.60. The van der Waals surface area contributed by atoms with Crippen molar-refractivity contribution in [3.8, 4) is 11.8 Å². The van der Waals surface area contributed by atoms with E-state index in [1.165, 1.54) is 6.08 Å². The van der Waals surface area contributed by atoms with Crippen LogP contribution >= 0.6 is 0 Å². The van der Waals surface area contributed by atoms with Crippen molar-refractivity contribution in [1.29, 1.82) is 5.26 Å². The minimum Gasteiger partial charge on any atom is -0.479 e. The summed E-state index contributed by atoms with van der Waals surface area (Å²) >= 11 is 0. The van der Waals surface area contributed by atoms with Crippen LogP contribution in [0.4, 0.5) is 0 Å². The molecule has 0 aromatic heterocycles. The fourth-order valence-electron chi connectivity index (χ4n) is 0.958. The molecule has 0 bridgehead atoms. The van der Waals surface area contributed by atoms with Gasteiger partial charge in [-0.1, -0.05) is 12.1 Å². The third-order valence-electron chi connectivity index (χ3n) is 1.60. The number of nitrogens with zero attached hydrogens (tertiary/aromatic N) is 1. The van der Waals surface area contributed by atoms with Crippen molar-refractivity contribution >= 4 is 12.0 Å². The van der Waals surface area contributed by atoms with Crippen molar-refractivity contribution in [2.75, 3.05) is 6.61 Å². The van der Waals surface area contributed by atoms with E-state index in [1.54, 1.807) is 24.3 Å². The molecule has 1 aromatic rings. The Morgan fingerprint density at radius 2 is 2.13 bits per heavy atom. The van der Waals surface area contributed by atoms with Crippen molar-refractivity contribution in [3.05, 3.63) is 35.9 Å². The molecular formula is C11H9NO3. The molecule has 4 heteroatoms. The first-order valence-electron chi connectivity index (χ1n) is 4.23. The number of nitriles is 1. The highest BCUT2D eigenvalue weighted by Crippen LogP contribution is 2.12. The minimum atomic E-state index is -0.986. The Hall–Kier alpha value is -2.28. The van der Waals surface area contributed by atoms with Gasteiger partial charge in [-0.25, -0.2) is 4.79 Å². The van der Waals surface area contributed by atoms with Gasteiger partial charge in [-0.2, -0.15) is 5.26 Å². The molecule has 1 aromatic carbocycles. The molecule has 0 saturated heterocycles. The number of aliphatic carboxylic acids is 1. The maximum Gasteiger partial charge on any atom is 0.328 e. The first kappa shape index (κ1) is 10.8. The van der Waals surface area contributed by atoms with Crippen molar-refractivity contribution in [2.24, 2.45) is 0 Å². The summed E-state index contributed by atoms with van der Waals surface area (Å²) in [5, 5.41) is 16.7. The molecule has 0 heterocycles. The van der Waals surface area contributed by atoms with Crippen LogP contribution in [0.3, 0.4) is 0 Å². The number of benzene rings is 1. The van der Waals surface area contributed by atoms with Crippen LogP contribution < -0.4 is 4.74 Å². The van der Waals surface area contributed by atoms with E-state index in [-0.39, 0.29) is 6.61 Å². The molecule has 0 unspecified atom stereocenters. The highest BCUT2D eigenvalue weighted by atomic mass is 16.5. The lowest BCUT2D eigenvalue weighted by Crippen LogP contribution is -1.92. The summed E-state index contributed by atoms with van der Waals surface area (Å²) in [6.07, 6.45) is 2.54. The van der Waals surface area contributed by atoms with E-state index in [0.717, 1.165) is 11.6 Å². The second-order valence-corrected chi connectivity index (χ2v) is 2.69. The summed E-state index contributed by atoms with van der Waals surface area (Å²) in [6.45, 7) is 0.00428. The monoisotopic (exact) mass is 203 g/mol. The van der Waals surface area contributed by atoms with Gasteiger partial charge in [0, 0.05) is 6.08 Å². The average molecular weight is 203 g/mol. The number of carboxylic acids is 1. The fraction of sp³-hybridized carbons (Fsp3) is 0.0909. The van der Waals surface area contributed by atoms with Gasteiger partial charge < -0.3 is 9.84 Å². The van der Waals surface area contributed by atoms with Crippen molar-refractivity contribution in [2.45, 2.75) is 0 Å². The molecule has 0 radical (unpaired) electrons. The van der Waals surface area contributed by atoms with Crippen LogP contribution in [0.2, 0.25) is 0 Å². The van der Waals surface area contributed by atoms with Crippen LogP contribution in [-0.2, 0) is 4.79 Å². The number of carbonyl (C=O) groups is 1. The van der Waals surface area contributed by atoms with E-state index in [4.69, 9.17) is 15.1 Å². The van der Waals surface area contributed by atoms with Gasteiger partial charge >= 0.3 is 5.97 Å². The van der Waals surface area contributed by atoms with Crippen LogP contribution in [0.1, 0.15) is 5.56 Å². The summed E-state index contributed by atoms with van der Waals surface area (Å²) < 4.78 is 5.03. The number of ether oxygens (including phenoxy) is 1. The van der Waals surface area contributed by atoms with Crippen LogP contribution in [0.15, 0.2) is 30.3 Å². The zero-order valence-electron chi connectivity index (χ0n) is 7.88. The topological polar surface area (TPSA) is 70.3 Å². The Balaban J connectivity index is 2.64. The van der Waals surface area contributed by atoms with Crippen molar-refractivity contribution in [1.82, 2.24) is 0 Å². The molecule has 0 aliphatic heterocycles. The maximum atomic E-state index is 10.2. The number of rotatable bonds is 4. The van der Waals surface area contributed by atoms with Crippen molar-refractivity contribution < 1.29 is 14.6 Å². The molecule has 0 atom stereocenters. The van der Waals surface area contributed by atoms with Crippen LogP contribution in [0.25, 0.3) is 6.08 Å². The molecule has 15 heavy (non-hydrogen) atoms. The Morgan fingerprint density at radius 3 is 2.67 bits per heavy atom. The lowest BCUT2D eigenvalue weighted by molar-refractivity contribution is -0.131. The number of hydrogen-bond acceptors (Lipinski definition) is 3. The lowest BCUT2D eigenvalue weighted by Gasteiger charge is -2.00. The van der Waals surface area contributed by atoms with Gasteiger partial charge in [-0.15, -0.1) is 0 Å². The van der Waals surface area contributed by atoms with Crippen LogP contribution in [0.5, 0.6) is 5.75 Å². The van der Waals surface area contributed by atoms with Crippen molar-refractivity contribution in [3.63, 3.8) is 0 Å². The Bertz CT molecular complexity index is 401. The van der Waals surface area contributed by atoms with Gasteiger partial charge in [0.15, 0.2) is 6.61 Å². The standard InChI is InChI=1S/C11H9NO3/c12-7-8-15-10-4-1-9(2-5-10)3-6-11(13)14/h1-6H,8H2,(H,13,14). The highest BCUT2D eigenvalue weighted by molar-refractivity contribution is 5.85. The third kappa shape index (κ3) is 3.96. The zero-order chi connectivity index (χ0) is 11.1. The van der Waals surface area contributed by atoms with Gasteiger partial charge in [0.1, 0.15) is 11.8 Å². The summed E-state index contributed by atoms with van der Waals surface area (Å²) in [5.41, 5.74) is 0.765. The lowest BCUT2D eigenvalue weighted by atomic mass is 10.2. The molecule has 0 spiro atoms. The minimum absolute atomic E-state index is 0.00428. The predicted molar refractivity (Wildman–Crippen MR) is 54.2 cm³/mol. The fourth-order valence-corrected chi connectivity index (χ4v) is 0.958. The summed E-state index contributed by atoms with van der Waals surface area (Å²) in [7, 11) is 0. The molecule has 0 aliphatic rings. The molecule has 0 aliphatic carbocycles. The largest absolute Gasteiger partial charge is 0.479 e. The first-order valence-corrected chi connectivity index (χ1v) is 4.23. The summed E-state index contributed by atoms with van der Waals surface area (Å²) in [4.78, 5) is 10.2. The van der Waals surface area contributed by atoms with E-state index >= 15 is 0 Å². The molecular weight excluding hydrogens is 194 g/mol. The second kappa shape index (κ2) is 5.45. The quantitative estimate of drug-likeness (QED) is 0.756. The SMILES string of the molecule is N#CCOc1ccc(C=CC(=O)O)cc1. The number of carboxylic acid groups (broad SMARTS) is 1. The molecule has 0 amide bonds. The average Bonchev–Trinajstić information content (AvgIpc) is 2.25. The van der Waals surface area contributed by atoms with E-state index in [1.807, 2.05) is 6.07 Å². The van der Waals surface area contributed by atoms with Gasteiger partial charge in [0.25, 0.3) is 0 Å². The molecule has 0 saturated carbocycles. The van der Waals surface area contributed by atoms with E-state index in [2.05, 4.69) is 0 Å². The normalized spacial score (nSPS) is 9.80. The molecule has 76 valence electrons. The Morgan fingerprint density at radius 1 is 1.47 bits per heavy atom. The Labute approximate surface area is 87.0 Å². The predicted octanol–water partition coefficient (Wildman–Crippen LogP) is 1.69. The van der Waals surface area contributed by atoms with E-state index < -0.39 is 5.97 Å². The van der Waals surface area contributed by atoms with Gasteiger partial charge in [0.05, 0.1) is 0 Å². The van der Waals surface area contributed by atoms with E-state index in [0.29, 0.717) is 5.75 Å². The zero-order valence-corrected chi connectivity index (χ0v) is 7.88. The van der Waals surface area contributed by atoms with Crippen LogP contribution in [0, 0.1) is 11.3 Å². The molecule has 0 fully saturated rings. The first-order chi connectivity index (χ1) is 7.22. The molecule has 1 rings (SSSR count). The van der Waals surface area contributed by atoms with Crippen LogP contribution in [-0.4, -0.2) is 17.7 Å². The number of hydrogen-bond donors (Lipinski definition) is 1. The van der Waals surface area contributed by atoms with Gasteiger partial charge in [-0.3, -0.25) is 0 Å². The molecule has 1 N–H and O–H groups in total. The van der Waals surface area contributed by atoms with E-state index in [9.17, 15) is 4.79 Å². The maximum absolute atomic E-state index is 10.2. The second-order valence-electron chi connectivity index (χ2n) is 2.69. The summed E-state index contributed by atoms with van der Waals surface area (Å²) in [5.74, 6) is -0.399.